The van der Waals surface area contributed by atoms with E-state index in [1.165, 1.54) is 0 Å². The third-order valence-corrected chi connectivity index (χ3v) is 3.67. The van der Waals surface area contributed by atoms with Crippen LogP contribution in [0, 0.1) is 6.92 Å². The average molecular weight is 298 g/mol. The molecule has 0 saturated carbocycles. The molecule has 17 heavy (non-hydrogen) atoms. The Morgan fingerprint density at radius 3 is 3.00 bits per heavy atom. The maximum Gasteiger partial charge on any atom is 0.255 e. The van der Waals surface area contributed by atoms with E-state index in [1.807, 2.05) is 36.9 Å². The summed E-state index contributed by atoms with van der Waals surface area (Å²) in [5, 5.41) is 0. The van der Waals surface area contributed by atoms with Crippen LogP contribution in [-0.4, -0.2) is 36.6 Å². The van der Waals surface area contributed by atoms with Crippen LogP contribution in [-0.2, 0) is 4.74 Å². The summed E-state index contributed by atoms with van der Waals surface area (Å²) in [5.74, 6) is 0.0800. The summed E-state index contributed by atoms with van der Waals surface area (Å²) < 4.78 is 6.20. The molecule has 1 aliphatic rings. The molecule has 1 aliphatic heterocycles. The summed E-state index contributed by atoms with van der Waals surface area (Å²) in [5.41, 5.74) is 1.83. The molecule has 0 aromatic heterocycles. The smallest absolute Gasteiger partial charge is 0.255 e. The Hall–Kier alpha value is -0.870. The van der Waals surface area contributed by atoms with E-state index < -0.39 is 0 Å². The zero-order valence-corrected chi connectivity index (χ0v) is 11.7. The van der Waals surface area contributed by atoms with Crippen LogP contribution < -0.4 is 0 Å². The minimum atomic E-state index is 0.0800. The molecule has 1 aromatic rings. The number of amides is 1. The highest BCUT2D eigenvalue weighted by Crippen LogP contribution is 2.21. The number of benzene rings is 1. The Balaban J connectivity index is 2.26. The van der Waals surface area contributed by atoms with Gasteiger partial charge in [0.05, 0.1) is 24.8 Å². The predicted octanol–water partition coefficient (Wildman–Crippen LogP) is 2.62. The Bertz CT molecular complexity index is 433. The topological polar surface area (TPSA) is 29.5 Å². The molecular formula is C13H16BrNO2. The summed E-state index contributed by atoms with van der Waals surface area (Å²) in [6.45, 7) is 5.92. The maximum absolute atomic E-state index is 12.4. The van der Waals surface area contributed by atoms with E-state index in [-0.39, 0.29) is 11.9 Å². The molecule has 0 bridgehead atoms. The SMILES string of the molecule is Cc1ccc(Br)c(C(=O)N2CCOCC2C)c1. The maximum atomic E-state index is 12.4. The van der Waals surface area contributed by atoms with E-state index in [9.17, 15) is 4.79 Å². The average Bonchev–Trinajstić information content (AvgIpc) is 2.32. The second kappa shape index (κ2) is 5.19. The van der Waals surface area contributed by atoms with E-state index >= 15 is 0 Å². The second-order valence-electron chi connectivity index (χ2n) is 4.41. The third-order valence-electron chi connectivity index (χ3n) is 2.98. The predicted molar refractivity (Wildman–Crippen MR) is 70.2 cm³/mol. The summed E-state index contributed by atoms with van der Waals surface area (Å²) in [4.78, 5) is 14.3. The minimum Gasteiger partial charge on any atom is -0.377 e. The number of halogens is 1. The van der Waals surface area contributed by atoms with Gasteiger partial charge in [0.1, 0.15) is 0 Å². The normalized spacial score (nSPS) is 20.4. The van der Waals surface area contributed by atoms with E-state index in [0.29, 0.717) is 19.8 Å². The standard InChI is InChI=1S/C13H16BrNO2/c1-9-3-4-12(14)11(7-9)13(16)15-5-6-17-8-10(15)2/h3-4,7,10H,5-6,8H2,1-2H3. The van der Waals surface area contributed by atoms with Crippen molar-refractivity contribution in [3.8, 4) is 0 Å². The van der Waals surface area contributed by atoms with E-state index in [1.54, 1.807) is 0 Å². The summed E-state index contributed by atoms with van der Waals surface area (Å²) >= 11 is 3.44. The van der Waals surface area contributed by atoms with E-state index in [4.69, 9.17) is 4.74 Å². The molecule has 1 fully saturated rings. The molecule has 4 heteroatoms. The molecule has 1 heterocycles. The zero-order chi connectivity index (χ0) is 12.4. The molecule has 1 amide bonds. The van der Waals surface area contributed by atoms with E-state index in [2.05, 4.69) is 15.9 Å². The van der Waals surface area contributed by atoms with Crippen molar-refractivity contribution < 1.29 is 9.53 Å². The number of hydrogen-bond donors (Lipinski definition) is 0. The fraction of sp³-hybridized carbons (Fsp3) is 0.462. The van der Waals surface area contributed by atoms with Crippen LogP contribution in [0.4, 0.5) is 0 Å². The highest BCUT2D eigenvalue weighted by atomic mass is 79.9. The van der Waals surface area contributed by atoms with Crippen LogP contribution in [0.3, 0.4) is 0 Å². The van der Waals surface area contributed by atoms with Gasteiger partial charge in [-0.1, -0.05) is 11.6 Å². The van der Waals surface area contributed by atoms with Crippen LogP contribution in [0.25, 0.3) is 0 Å². The molecular weight excluding hydrogens is 282 g/mol. The Labute approximate surface area is 110 Å². The van der Waals surface area contributed by atoms with Gasteiger partial charge in [-0.3, -0.25) is 4.79 Å². The second-order valence-corrected chi connectivity index (χ2v) is 5.26. The molecule has 1 saturated heterocycles. The first-order valence-electron chi connectivity index (χ1n) is 5.74. The summed E-state index contributed by atoms with van der Waals surface area (Å²) in [6.07, 6.45) is 0. The number of carbonyl (C=O) groups excluding carboxylic acids is 1. The highest BCUT2D eigenvalue weighted by Gasteiger charge is 2.25. The zero-order valence-electron chi connectivity index (χ0n) is 10.1. The van der Waals surface area contributed by atoms with Crippen LogP contribution in [0.5, 0.6) is 0 Å². The van der Waals surface area contributed by atoms with Crippen molar-refractivity contribution in [3.05, 3.63) is 33.8 Å². The molecule has 3 nitrogen and oxygen atoms in total. The van der Waals surface area contributed by atoms with Crippen LogP contribution >= 0.6 is 15.9 Å². The summed E-state index contributed by atoms with van der Waals surface area (Å²) in [6, 6.07) is 5.98. The molecule has 1 aromatic carbocycles. The lowest BCUT2D eigenvalue weighted by Crippen LogP contribution is -2.47. The van der Waals surface area contributed by atoms with Crippen molar-refractivity contribution in [2.75, 3.05) is 19.8 Å². The quantitative estimate of drug-likeness (QED) is 0.797. The van der Waals surface area contributed by atoms with Gasteiger partial charge in [-0.25, -0.2) is 0 Å². The third kappa shape index (κ3) is 2.69. The number of morpholine rings is 1. The van der Waals surface area contributed by atoms with Gasteiger partial charge < -0.3 is 9.64 Å². The van der Waals surface area contributed by atoms with Crippen LogP contribution in [0.1, 0.15) is 22.8 Å². The number of nitrogens with zero attached hydrogens (tertiary/aromatic N) is 1. The monoisotopic (exact) mass is 297 g/mol. The lowest BCUT2D eigenvalue weighted by atomic mass is 10.1. The molecule has 0 spiro atoms. The number of carbonyl (C=O) groups is 1. The van der Waals surface area contributed by atoms with Gasteiger partial charge in [0, 0.05) is 11.0 Å². The Morgan fingerprint density at radius 2 is 2.29 bits per heavy atom. The molecule has 0 radical (unpaired) electrons. The van der Waals surface area contributed by atoms with Crippen molar-refractivity contribution in [1.82, 2.24) is 4.90 Å². The van der Waals surface area contributed by atoms with Crippen LogP contribution in [0.2, 0.25) is 0 Å². The molecule has 0 N–H and O–H groups in total. The lowest BCUT2D eigenvalue weighted by molar-refractivity contribution is 0.00354. The van der Waals surface area contributed by atoms with Crippen LogP contribution in [0.15, 0.2) is 22.7 Å². The van der Waals surface area contributed by atoms with Gasteiger partial charge in [0.15, 0.2) is 0 Å². The summed E-state index contributed by atoms with van der Waals surface area (Å²) in [7, 11) is 0. The van der Waals surface area contributed by atoms with Gasteiger partial charge >= 0.3 is 0 Å². The first kappa shape index (κ1) is 12.6. The van der Waals surface area contributed by atoms with Crippen molar-refractivity contribution in [2.45, 2.75) is 19.9 Å². The first-order valence-corrected chi connectivity index (χ1v) is 6.54. The number of aryl methyl sites for hydroxylation is 1. The van der Waals surface area contributed by atoms with Crippen molar-refractivity contribution in [1.29, 1.82) is 0 Å². The first-order chi connectivity index (χ1) is 8.09. The fourth-order valence-electron chi connectivity index (χ4n) is 1.99. The Kier molecular flexibility index (Phi) is 3.84. The molecule has 92 valence electrons. The Morgan fingerprint density at radius 1 is 1.53 bits per heavy atom. The van der Waals surface area contributed by atoms with Gasteiger partial charge in [-0.05, 0) is 41.9 Å². The largest absolute Gasteiger partial charge is 0.377 e. The number of rotatable bonds is 1. The lowest BCUT2D eigenvalue weighted by Gasteiger charge is -2.33. The number of hydrogen-bond acceptors (Lipinski definition) is 2. The fourth-order valence-corrected chi connectivity index (χ4v) is 2.40. The van der Waals surface area contributed by atoms with Gasteiger partial charge in [-0.2, -0.15) is 0 Å². The van der Waals surface area contributed by atoms with Crippen molar-refractivity contribution >= 4 is 21.8 Å². The molecule has 1 atom stereocenters. The van der Waals surface area contributed by atoms with Gasteiger partial charge in [0.25, 0.3) is 5.91 Å². The molecule has 1 unspecified atom stereocenters. The highest BCUT2D eigenvalue weighted by molar-refractivity contribution is 9.10. The minimum absolute atomic E-state index is 0.0800. The molecule has 0 aliphatic carbocycles. The van der Waals surface area contributed by atoms with Crippen molar-refractivity contribution in [3.63, 3.8) is 0 Å². The van der Waals surface area contributed by atoms with E-state index in [0.717, 1.165) is 15.6 Å². The number of ether oxygens (including phenoxy) is 1. The molecule has 2 rings (SSSR count). The van der Waals surface area contributed by atoms with Gasteiger partial charge in [-0.15, -0.1) is 0 Å². The van der Waals surface area contributed by atoms with Gasteiger partial charge in [0.2, 0.25) is 0 Å². The van der Waals surface area contributed by atoms with Crippen molar-refractivity contribution in [2.24, 2.45) is 0 Å².